The zero-order valence-electron chi connectivity index (χ0n) is 15.5. The Kier molecular flexibility index (Phi) is 5.62. The van der Waals surface area contributed by atoms with Crippen LogP contribution in [0.4, 0.5) is 10.1 Å². The molecule has 2 aromatic carbocycles. The lowest BCUT2D eigenvalue weighted by atomic mass is 10.1. The van der Waals surface area contributed by atoms with Crippen LogP contribution in [-0.4, -0.2) is 33.5 Å². The Morgan fingerprint density at radius 3 is 2.62 bits per heavy atom. The van der Waals surface area contributed by atoms with Crippen LogP contribution in [0.1, 0.15) is 39.3 Å². The Balaban J connectivity index is 1.44. The molecule has 1 aliphatic heterocycles. The lowest BCUT2D eigenvalue weighted by molar-refractivity contribution is -0.131. The van der Waals surface area contributed by atoms with Crippen molar-refractivity contribution < 1.29 is 14.0 Å². The summed E-state index contributed by atoms with van der Waals surface area (Å²) in [6.07, 6.45) is 2.03. The molecule has 3 aromatic rings. The molecule has 0 spiro atoms. The molecular weight excluding hydrogens is 391 g/mol. The summed E-state index contributed by atoms with van der Waals surface area (Å²) < 4.78 is 13.0. The molecule has 29 heavy (non-hydrogen) atoms. The molecule has 0 saturated carbocycles. The maximum absolute atomic E-state index is 13.0. The smallest absolute Gasteiger partial charge is 0.286 e. The zero-order chi connectivity index (χ0) is 20.2. The van der Waals surface area contributed by atoms with Crippen LogP contribution in [-0.2, 0) is 11.2 Å². The van der Waals surface area contributed by atoms with Crippen LogP contribution >= 0.6 is 11.3 Å². The highest BCUT2D eigenvalue weighted by Gasteiger charge is 2.33. The van der Waals surface area contributed by atoms with Gasteiger partial charge in [0.25, 0.3) is 5.91 Å². The first-order valence-electron chi connectivity index (χ1n) is 9.34. The fourth-order valence-corrected chi connectivity index (χ4v) is 4.26. The van der Waals surface area contributed by atoms with E-state index in [2.05, 4.69) is 15.5 Å². The Morgan fingerprint density at radius 2 is 1.86 bits per heavy atom. The predicted octanol–water partition coefficient (Wildman–Crippen LogP) is 3.84. The summed E-state index contributed by atoms with van der Waals surface area (Å²) in [5.41, 5.74) is 1.45. The van der Waals surface area contributed by atoms with Gasteiger partial charge in [-0.1, -0.05) is 41.7 Å². The highest BCUT2D eigenvalue weighted by molar-refractivity contribution is 7.13. The van der Waals surface area contributed by atoms with Crippen LogP contribution in [0, 0.1) is 5.82 Å². The van der Waals surface area contributed by atoms with Crippen LogP contribution < -0.4 is 5.32 Å². The van der Waals surface area contributed by atoms with Crippen LogP contribution in [0.3, 0.4) is 0 Å². The lowest BCUT2D eigenvalue weighted by Crippen LogP contribution is -2.31. The molecule has 1 aromatic heterocycles. The van der Waals surface area contributed by atoms with Crippen LogP contribution in [0.5, 0.6) is 0 Å². The number of halogens is 1. The number of nitrogens with one attached hydrogen (secondary N) is 1. The Hall–Kier alpha value is -3.13. The van der Waals surface area contributed by atoms with Crippen molar-refractivity contribution in [2.45, 2.75) is 25.3 Å². The van der Waals surface area contributed by atoms with Crippen LogP contribution in [0.2, 0.25) is 0 Å². The van der Waals surface area contributed by atoms with Crippen LogP contribution in [0.15, 0.2) is 54.6 Å². The minimum absolute atomic E-state index is 0.0474. The molecule has 0 aliphatic carbocycles. The van der Waals surface area contributed by atoms with E-state index in [0.717, 1.165) is 18.4 Å². The summed E-state index contributed by atoms with van der Waals surface area (Å²) in [5.74, 6) is -0.727. The number of aromatic nitrogens is 2. The minimum Gasteiger partial charge on any atom is -0.333 e. The van der Waals surface area contributed by atoms with Gasteiger partial charge in [0, 0.05) is 12.2 Å². The molecule has 0 bridgehead atoms. The number of carbonyl (C=O) groups is 2. The third-order valence-electron chi connectivity index (χ3n) is 4.79. The summed E-state index contributed by atoms with van der Waals surface area (Å²) in [5, 5.41) is 11.7. The van der Waals surface area contributed by atoms with E-state index < -0.39 is 5.91 Å². The first-order chi connectivity index (χ1) is 14.1. The van der Waals surface area contributed by atoms with E-state index in [9.17, 15) is 14.0 Å². The number of likely N-dealkylation sites (tertiary alicyclic amines) is 1. The van der Waals surface area contributed by atoms with Crippen molar-refractivity contribution in [2.75, 3.05) is 11.9 Å². The maximum atomic E-state index is 13.0. The predicted molar refractivity (Wildman–Crippen MR) is 108 cm³/mol. The topological polar surface area (TPSA) is 75.2 Å². The van der Waals surface area contributed by atoms with Gasteiger partial charge in [0.1, 0.15) is 10.8 Å². The van der Waals surface area contributed by atoms with Gasteiger partial charge >= 0.3 is 0 Å². The summed E-state index contributed by atoms with van der Waals surface area (Å²) in [7, 11) is 0. The molecule has 4 rings (SSSR count). The second-order valence-electron chi connectivity index (χ2n) is 6.81. The van der Waals surface area contributed by atoms with Gasteiger partial charge in [-0.05, 0) is 42.7 Å². The fraction of sp³-hybridized carbons (Fsp3) is 0.238. The molecule has 2 amide bonds. The Morgan fingerprint density at radius 1 is 1.10 bits per heavy atom. The quantitative estimate of drug-likeness (QED) is 0.694. The summed E-state index contributed by atoms with van der Waals surface area (Å²) in [4.78, 5) is 27.0. The molecule has 1 fully saturated rings. The van der Waals surface area contributed by atoms with E-state index in [0.29, 0.717) is 23.7 Å². The Bertz CT molecular complexity index is 1010. The number of rotatable bonds is 5. The molecule has 8 heteroatoms. The number of hydrogen-bond acceptors (Lipinski definition) is 5. The van der Waals surface area contributed by atoms with E-state index in [1.165, 1.54) is 35.6 Å². The Labute approximate surface area is 171 Å². The van der Waals surface area contributed by atoms with Gasteiger partial charge < -0.3 is 10.2 Å². The molecule has 2 heterocycles. The SMILES string of the molecule is O=C(Nc1ccc(F)cc1)c1nnc(C2CCCN2C(=O)Cc2ccccc2)s1. The molecule has 6 nitrogen and oxygen atoms in total. The van der Waals surface area contributed by atoms with Crippen molar-refractivity contribution in [3.63, 3.8) is 0 Å². The average molecular weight is 410 g/mol. The molecule has 1 atom stereocenters. The van der Waals surface area contributed by atoms with Crippen LogP contribution in [0.25, 0.3) is 0 Å². The second kappa shape index (κ2) is 8.48. The van der Waals surface area contributed by atoms with Crippen molar-refractivity contribution in [1.29, 1.82) is 0 Å². The van der Waals surface area contributed by atoms with E-state index in [4.69, 9.17) is 0 Å². The second-order valence-corrected chi connectivity index (χ2v) is 7.82. The van der Waals surface area contributed by atoms with Gasteiger partial charge in [0.05, 0.1) is 12.5 Å². The zero-order valence-corrected chi connectivity index (χ0v) is 16.4. The summed E-state index contributed by atoms with van der Waals surface area (Å²) in [6.45, 7) is 0.674. The number of anilines is 1. The third-order valence-corrected chi connectivity index (χ3v) is 5.82. The third kappa shape index (κ3) is 4.48. The number of amides is 2. The number of hydrogen-bond donors (Lipinski definition) is 1. The molecule has 1 saturated heterocycles. The summed E-state index contributed by atoms with van der Waals surface area (Å²) in [6, 6.07) is 15.0. The number of benzene rings is 2. The van der Waals surface area contributed by atoms with E-state index in [-0.39, 0.29) is 22.8 Å². The van der Waals surface area contributed by atoms with Crippen molar-refractivity contribution in [3.8, 4) is 0 Å². The number of carbonyl (C=O) groups excluding carboxylic acids is 2. The molecule has 1 unspecified atom stereocenters. The maximum Gasteiger partial charge on any atom is 0.286 e. The molecule has 1 N–H and O–H groups in total. The monoisotopic (exact) mass is 410 g/mol. The van der Waals surface area contributed by atoms with Crippen molar-refractivity contribution >= 4 is 28.8 Å². The van der Waals surface area contributed by atoms with Gasteiger partial charge in [0.15, 0.2) is 0 Å². The van der Waals surface area contributed by atoms with Gasteiger partial charge in [0.2, 0.25) is 10.9 Å². The lowest BCUT2D eigenvalue weighted by Gasteiger charge is -2.22. The van der Waals surface area contributed by atoms with E-state index in [1.54, 1.807) is 0 Å². The van der Waals surface area contributed by atoms with Gasteiger partial charge in [-0.2, -0.15) is 0 Å². The van der Waals surface area contributed by atoms with Gasteiger partial charge in [-0.15, -0.1) is 10.2 Å². The van der Waals surface area contributed by atoms with Gasteiger partial charge in [-0.3, -0.25) is 9.59 Å². The largest absolute Gasteiger partial charge is 0.333 e. The van der Waals surface area contributed by atoms with Crippen molar-refractivity contribution in [1.82, 2.24) is 15.1 Å². The molecule has 1 aliphatic rings. The standard InChI is InChI=1S/C21H19FN4O2S/c22-15-8-10-16(11-9-15)23-19(28)21-25-24-20(29-21)17-7-4-12-26(17)18(27)13-14-5-2-1-3-6-14/h1-3,5-6,8-11,17H,4,7,12-13H2,(H,23,28). The van der Waals surface area contributed by atoms with E-state index >= 15 is 0 Å². The first kappa shape index (κ1) is 19.2. The normalized spacial score (nSPS) is 16.0. The number of nitrogens with zero attached hydrogens (tertiary/aromatic N) is 3. The van der Waals surface area contributed by atoms with Crippen molar-refractivity contribution in [3.05, 3.63) is 76.0 Å². The average Bonchev–Trinajstić information content (AvgIpc) is 3.40. The first-order valence-corrected chi connectivity index (χ1v) is 10.2. The molecular formula is C21H19FN4O2S. The highest BCUT2D eigenvalue weighted by atomic mass is 32.1. The summed E-state index contributed by atoms with van der Waals surface area (Å²) >= 11 is 1.19. The molecule has 0 radical (unpaired) electrons. The minimum atomic E-state index is -0.402. The fourth-order valence-electron chi connectivity index (χ4n) is 3.37. The highest BCUT2D eigenvalue weighted by Crippen LogP contribution is 2.34. The van der Waals surface area contributed by atoms with Gasteiger partial charge in [-0.25, -0.2) is 4.39 Å². The van der Waals surface area contributed by atoms with Crippen molar-refractivity contribution in [2.24, 2.45) is 0 Å². The molecule has 148 valence electrons. The van der Waals surface area contributed by atoms with E-state index in [1.807, 2.05) is 35.2 Å².